The highest BCUT2D eigenvalue weighted by atomic mass is 16.5. The van der Waals surface area contributed by atoms with Crippen LogP contribution < -0.4 is 11.1 Å². The summed E-state index contributed by atoms with van der Waals surface area (Å²) in [5.74, 6) is -1.55. The van der Waals surface area contributed by atoms with Crippen LogP contribution in [0.2, 0.25) is 0 Å². The quantitative estimate of drug-likeness (QED) is 0.427. The number of para-hydroxylation sites is 1. The van der Waals surface area contributed by atoms with E-state index in [4.69, 9.17) is 5.73 Å². The lowest BCUT2D eigenvalue weighted by molar-refractivity contribution is -0.144. The van der Waals surface area contributed by atoms with Crippen molar-refractivity contribution >= 4 is 17.6 Å². The number of amides is 1. The topological polar surface area (TPSA) is 102 Å². The Morgan fingerprint density at radius 3 is 2.53 bits per heavy atom. The van der Waals surface area contributed by atoms with Crippen LogP contribution in [0.15, 0.2) is 18.2 Å². The fourth-order valence-electron chi connectivity index (χ4n) is 1.59. The van der Waals surface area contributed by atoms with Crippen LogP contribution in [0.3, 0.4) is 0 Å². The number of methoxy groups -OCH3 is 1. The molecule has 0 bridgehead atoms. The summed E-state index contributed by atoms with van der Waals surface area (Å²) in [5.41, 5.74) is 5.64. The molecule has 1 aromatic carbocycles. The van der Waals surface area contributed by atoms with Crippen molar-refractivity contribution in [2.24, 2.45) is 5.92 Å². The van der Waals surface area contributed by atoms with Gasteiger partial charge in [0.2, 0.25) is 0 Å². The zero-order valence-electron chi connectivity index (χ0n) is 11.1. The SMILES string of the molecule is COC(=O)C(NC(=O)c1cccc(N)c1O)C(C)C. The molecule has 6 nitrogen and oxygen atoms in total. The van der Waals surface area contributed by atoms with Gasteiger partial charge in [0.1, 0.15) is 6.04 Å². The van der Waals surface area contributed by atoms with Crippen molar-refractivity contribution < 1.29 is 19.4 Å². The summed E-state index contributed by atoms with van der Waals surface area (Å²) in [7, 11) is 1.25. The number of nitrogens with one attached hydrogen (secondary N) is 1. The Balaban J connectivity index is 2.94. The van der Waals surface area contributed by atoms with Gasteiger partial charge < -0.3 is 20.9 Å². The van der Waals surface area contributed by atoms with Crippen LogP contribution in [0.4, 0.5) is 5.69 Å². The number of carbonyl (C=O) groups is 2. The Kier molecular flexibility index (Phi) is 4.74. The van der Waals surface area contributed by atoms with Gasteiger partial charge in [-0.1, -0.05) is 19.9 Å². The molecule has 1 aromatic rings. The first-order valence-electron chi connectivity index (χ1n) is 5.84. The normalized spacial score (nSPS) is 12.0. The minimum atomic E-state index is -0.779. The van der Waals surface area contributed by atoms with Gasteiger partial charge in [-0.2, -0.15) is 0 Å². The maximum absolute atomic E-state index is 12.0. The van der Waals surface area contributed by atoms with E-state index < -0.39 is 17.9 Å². The van der Waals surface area contributed by atoms with Crippen molar-refractivity contribution in [3.63, 3.8) is 0 Å². The summed E-state index contributed by atoms with van der Waals surface area (Å²) in [5, 5.41) is 12.2. The van der Waals surface area contributed by atoms with E-state index in [2.05, 4.69) is 10.1 Å². The molecule has 6 heteroatoms. The number of hydrogen-bond donors (Lipinski definition) is 3. The van der Waals surface area contributed by atoms with E-state index in [1.54, 1.807) is 19.9 Å². The Labute approximate surface area is 111 Å². The number of anilines is 1. The van der Waals surface area contributed by atoms with Crippen LogP contribution in [0.1, 0.15) is 24.2 Å². The molecule has 1 unspecified atom stereocenters. The summed E-state index contributed by atoms with van der Waals surface area (Å²) < 4.78 is 4.62. The van der Waals surface area contributed by atoms with Crippen LogP contribution in [-0.2, 0) is 9.53 Å². The van der Waals surface area contributed by atoms with E-state index in [-0.39, 0.29) is 22.9 Å². The number of aromatic hydroxyl groups is 1. The van der Waals surface area contributed by atoms with Gasteiger partial charge in [-0.15, -0.1) is 0 Å². The predicted molar refractivity (Wildman–Crippen MR) is 70.6 cm³/mol. The molecule has 104 valence electrons. The van der Waals surface area contributed by atoms with Gasteiger partial charge in [-0.3, -0.25) is 4.79 Å². The molecule has 0 aromatic heterocycles. The third kappa shape index (κ3) is 3.37. The van der Waals surface area contributed by atoms with E-state index in [0.29, 0.717) is 0 Å². The average molecular weight is 266 g/mol. The van der Waals surface area contributed by atoms with Gasteiger partial charge in [0.25, 0.3) is 5.91 Å². The minimum Gasteiger partial charge on any atom is -0.505 e. The van der Waals surface area contributed by atoms with Gasteiger partial charge in [0.05, 0.1) is 18.4 Å². The maximum Gasteiger partial charge on any atom is 0.328 e. The van der Waals surface area contributed by atoms with Crippen molar-refractivity contribution in [1.82, 2.24) is 5.32 Å². The van der Waals surface area contributed by atoms with E-state index >= 15 is 0 Å². The Morgan fingerprint density at radius 1 is 1.37 bits per heavy atom. The molecule has 19 heavy (non-hydrogen) atoms. The summed E-state index contributed by atoms with van der Waals surface area (Å²) >= 11 is 0. The number of nitrogen functional groups attached to an aromatic ring is 1. The summed E-state index contributed by atoms with van der Waals surface area (Å²) in [4.78, 5) is 23.6. The Bertz CT molecular complexity index is 486. The molecule has 0 radical (unpaired) electrons. The minimum absolute atomic E-state index is 0.0227. The maximum atomic E-state index is 12.0. The Hall–Kier alpha value is -2.24. The van der Waals surface area contributed by atoms with Crippen molar-refractivity contribution in [3.05, 3.63) is 23.8 Å². The lowest BCUT2D eigenvalue weighted by atomic mass is 10.0. The van der Waals surface area contributed by atoms with Crippen molar-refractivity contribution in [2.45, 2.75) is 19.9 Å². The van der Waals surface area contributed by atoms with Crippen LogP contribution in [0.5, 0.6) is 5.75 Å². The third-order valence-corrected chi connectivity index (χ3v) is 2.72. The lowest BCUT2D eigenvalue weighted by Crippen LogP contribution is -2.45. The van der Waals surface area contributed by atoms with Crippen LogP contribution in [0.25, 0.3) is 0 Å². The standard InChI is InChI=1S/C13H18N2O4/c1-7(2)10(13(18)19-3)15-12(17)8-5-4-6-9(14)11(8)16/h4-7,10,16H,14H2,1-3H3,(H,15,17). The average Bonchev–Trinajstić information content (AvgIpc) is 2.37. The number of hydrogen-bond acceptors (Lipinski definition) is 5. The number of ether oxygens (including phenoxy) is 1. The molecule has 1 amide bonds. The van der Waals surface area contributed by atoms with Crippen LogP contribution >= 0.6 is 0 Å². The molecule has 0 aliphatic heterocycles. The van der Waals surface area contributed by atoms with Gasteiger partial charge in [0.15, 0.2) is 5.75 Å². The summed E-state index contributed by atoms with van der Waals surface area (Å²) in [6, 6.07) is 3.67. The molecule has 0 spiro atoms. The first-order chi connectivity index (χ1) is 8.88. The van der Waals surface area contributed by atoms with Crippen molar-refractivity contribution in [2.75, 3.05) is 12.8 Å². The van der Waals surface area contributed by atoms with Gasteiger partial charge in [-0.05, 0) is 18.1 Å². The third-order valence-electron chi connectivity index (χ3n) is 2.72. The first kappa shape index (κ1) is 14.8. The summed E-state index contributed by atoms with van der Waals surface area (Å²) in [6.07, 6.45) is 0. The largest absolute Gasteiger partial charge is 0.505 e. The molecule has 1 atom stereocenters. The molecule has 1 rings (SSSR count). The second kappa shape index (κ2) is 6.08. The smallest absolute Gasteiger partial charge is 0.328 e. The van der Waals surface area contributed by atoms with Gasteiger partial charge in [0, 0.05) is 0 Å². The van der Waals surface area contributed by atoms with Crippen LogP contribution in [0, 0.1) is 5.92 Å². The van der Waals surface area contributed by atoms with E-state index in [1.807, 2.05) is 0 Å². The number of phenolic OH excluding ortho intramolecular Hbond substituents is 1. The van der Waals surface area contributed by atoms with Crippen LogP contribution in [-0.4, -0.2) is 30.1 Å². The van der Waals surface area contributed by atoms with Gasteiger partial charge in [-0.25, -0.2) is 4.79 Å². The second-order valence-corrected chi connectivity index (χ2v) is 4.46. The highest BCUT2D eigenvalue weighted by Gasteiger charge is 2.26. The second-order valence-electron chi connectivity index (χ2n) is 4.46. The molecular weight excluding hydrogens is 248 g/mol. The summed E-state index contributed by atoms with van der Waals surface area (Å²) in [6.45, 7) is 3.56. The fourth-order valence-corrected chi connectivity index (χ4v) is 1.59. The molecule has 0 fully saturated rings. The van der Waals surface area contributed by atoms with Gasteiger partial charge >= 0.3 is 5.97 Å². The number of benzene rings is 1. The molecule has 0 aliphatic rings. The van der Waals surface area contributed by atoms with E-state index in [0.717, 1.165) is 0 Å². The molecule has 0 heterocycles. The monoisotopic (exact) mass is 266 g/mol. The highest BCUT2D eigenvalue weighted by molar-refractivity contribution is 6.00. The highest BCUT2D eigenvalue weighted by Crippen LogP contribution is 2.24. The number of nitrogens with two attached hydrogens (primary N) is 1. The van der Waals surface area contributed by atoms with E-state index in [1.165, 1.54) is 19.2 Å². The Morgan fingerprint density at radius 2 is 2.00 bits per heavy atom. The number of rotatable bonds is 4. The number of esters is 1. The molecular formula is C13H18N2O4. The molecule has 0 saturated heterocycles. The predicted octanol–water partition coefficient (Wildman–Crippen LogP) is 0.902. The molecule has 0 saturated carbocycles. The first-order valence-corrected chi connectivity index (χ1v) is 5.84. The fraction of sp³-hybridized carbons (Fsp3) is 0.385. The zero-order valence-corrected chi connectivity index (χ0v) is 11.1. The van der Waals surface area contributed by atoms with Crippen molar-refractivity contribution in [1.29, 1.82) is 0 Å². The lowest BCUT2D eigenvalue weighted by Gasteiger charge is -2.20. The molecule has 0 aliphatic carbocycles. The number of carbonyl (C=O) groups excluding carboxylic acids is 2. The molecule has 4 N–H and O–H groups in total. The van der Waals surface area contributed by atoms with Crippen molar-refractivity contribution in [3.8, 4) is 5.75 Å². The number of phenols is 1. The van der Waals surface area contributed by atoms with E-state index in [9.17, 15) is 14.7 Å². The zero-order chi connectivity index (χ0) is 14.6.